The van der Waals surface area contributed by atoms with Gasteiger partial charge in [0, 0.05) is 37.6 Å². The second kappa shape index (κ2) is 4.30. The van der Waals surface area contributed by atoms with E-state index >= 15 is 0 Å². The zero-order valence-electron chi connectivity index (χ0n) is 7.44. The van der Waals surface area contributed by atoms with Crippen molar-refractivity contribution in [3.63, 3.8) is 0 Å². The maximum atomic E-state index is 5.26. The summed E-state index contributed by atoms with van der Waals surface area (Å²) in [6.45, 7) is 4.58. The molecule has 13 heavy (non-hydrogen) atoms. The summed E-state index contributed by atoms with van der Waals surface area (Å²) in [7, 11) is 0. The number of aromatic nitrogens is 2. The highest BCUT2D eigenvalue weighted by Gasteiger charge is 2.10. The second-order valence-corrected chi connectivity index (χ2v) is 3.08. The standard InChI is InChI=1S/C9H12N3O/c1-3-13-4-2-12(1)7-9-5-10-8-11-6-9/h5-6H,1-4,7H2. The average molecular weight is 178 g/mol. The van der Waals surface area contributed by atoms with Gasteiger partial charge in [-0.15, -0.1) is 0 Å². The lowest BCUT2D eigenvalue weighted by Gasteiger charge is -2.26. The van der Waals surface area contributed by atoms with Crippen molar-refractivity contribution in [3.8, 4) is 0 Å². The summed E-state index contributed by atoms with van der Waals surface area (Å²) in [5.41, 5.74) is 1.14. The highest BCUT2D eigenvalue weighted by molar-refractivity contribution is 5.01. The van der Waals surface area contributed by atoms with Crippen molar-refractivity contribution in [2.24, 2.45) is 0 Å². The van der Waals surface area contributed by atoms with Crippen LogP contribution in [0.1, 0.15) is 5.56 Å². The molecule has 0 spiro atoms. The molecule has 1 aliphatic heterocycles. The van der Waals surface area contributed by atoms with Crippen molar-refractivity contribution in [3.05, 3.63) is 24.3 Å². The lowest BCUT2D eigenvalue weighted by atomic mass is 10.3. The van der Waals surface area contributed by atoms with Gasteiger partial charge < -0.3 is 4.74 Å². The molecule has 0 unspecified atom stereocenters. The molecule has 0 aliphatic carbocycles. The molecule has 1 aliphatic rings. The van der Waals surface area contributed by atoms with Crippen LogP contribution in [0.15, 0.2) is 12.4 Å². The Kier molecular flexibility index (Phi) is 2.84. The SMILES string of the molecule is [c]1ncc(CN2CCOCC2)cn1. The molecular formula is C9H12N3O. The third-order valence-corrected chi connectivity index (χ3v) is 2.09. The monoisotopic (exact) mass is 178 g/mol. The van der Waals surface area contributed by atoms with E-state index in [1.165, 1.54) is 0 Å². The van der Waals surface area contributed by atoms with Gasteiger partial charge >= 0.3 is 0 Å². The molecule has 0 bridgehead atoms. The summed E-state index contributed by atoms with van der Waals surface area (Å²) in [4.78, 5) is 10.0. The number of morpholine rings is 1. The Labute approximate surface area is 77.6 Å². The van der Waals surface area contributed by atoms with Crippen LogP contribution in [0, 0.1) is 6.33 Å². The van der Waals surface area contributed by atoms with Gasteiger partial charge in [0.05, 0.1) is 13.2 Å². The molecule has 0 atom stereocenters. The maximum absolute atomic E-state index is 5.26. The van der Waals surface area contributed by atoms with Crippen LogP contribution in [-0.2, 0) is 11.3 Å². The van der Waals surface area contributed by atoms with Crippen LogP contribution < -0.4 is 0 Å². The van der Waals surface area contributed by atoms with Gasteiger partial charge in [-0.1, -0.05) is 0 Å². The van der Waals surface area contributed by atoms with E-state index in [-0.39, 0.29) is 0 Å². The molecule has 0 aromatic carbocycles. The zero-order valence-corrected chi connectivity index (χ0v) is 7.44. The molecular weight excluding hydrogens is 166 g/mol. The minimum atomic E-state index is 0.833. The van der Waals surface area contributed by atoms with E-state index in [4.69, 9.17) is 4.74 Å². The van der Waals surface area contributed by atoms with Gasteiger partial charge in [-0.3, -0.25) is 4.90 Å². The number of ether oxygens (including phenoxy) is 1. The van der Waals surface area contributed by atoms with E-state index in [1.54, 1.807) is 0 Å². The molecule has 1 aromatic rings. The Morgan fingerprint density at radius 2 is 2.00 bits per heavy atom. The second-order valence-electron chi connectivity index (χ2n) is 3.08. The van der Waals surface area contributed by atoms with Crippen LogP contribution >= 0.6 is 0 Å². The summed E-state index contributed by atoms with van der Waals surface area (Å²) in [6, 6.07) is 0. The first kappa shape index (κ1) is 8.59. The molecule has 4 nitrogen and oxygen atoms in total. The lowest BCUT2D eigenvalue weighted by Crippen LogP contribution is -2.35. The third-order valence-electron chi connectivity index (χ3n) is 2.09. The van der Waals surface area contributed by atoms with Gasteiger partial charge in [-0.2, -0.15) is 0 Å². The van der Waals surface area contributed by atoms with Crippen molar-refractivity contribution in [1.82, 2.24) is 14.9 Å². The summed E-state index contributed by atoms with van der Waals surface area (Å²) >= 11 is 0. The highest BCUT2D eigenvalue weighted by Crippen LogP contribution is 2.03. The van der Waals surface area contributed by atoms with E-state index in [9.17, 15) is 0 Å². The zero-order chi connectivity index (χ0) is 8.93. The third kappa shape index (κ3) is 2.47. The van der Waals surface area contributed by atoms with Crippen LogP contribution in [0.3, 0.4) is 0 Å². The average Bonchev–Trinajstić information content (AvgIpc) is 2.21. The quantitative estimate of drug-likeness (QED) is 0.644. The molecule has 2 heterocycles. The van der Waals surface area contributed by atoms with E-state index in [1.807, 2.05) is 12.4 Å². The van der Waals surface area contributed by atoms with Gasteiger partial charge in [0.15, 0.2) is 6.33 Å². The molecule has 0 saturated carbocycles. The first-order valence-electron chi connectivity index (χ1n) is 4.42. The molecule has 0 amide bonds. The van der Waals surface area contributed by atoms with Crippen LogP contribution in [0.4, 0.5) is 0 Å². The smallest absolute Gasteiger partial charge is 0.197 e. The minimum absolute atomic E-state index is 0.833. The fourth-order valence-corrected chi connectivity index (χ4v) is 1.39. The van der Waals surface area contributed by atoms with E-state index in [0.29, 0.717) is 0 Å². The van der Waals surface area contributed by atoms with Crippen molar-refractivity contribution in [2.75, 3.05) is 26.3 Å². The van der Waals surface area contributed by atoms with E-state index in [2.05, 4.69) is 21.2 Å². The molecule has 0 N–H and O–H groups in total. The Hall–Kier alpha value is -1.00. The Morgan fingerprint density at radius 1 is 1.31 bits per heavy atom. The molecule has 1 aromatic heterocycles. The number of nitrogens with zero attached hydrogens (tertiary/aromatic N) is 3. The van der Waals surface area contributed by atoms with E-state index in [0.717, 1.165) is 38.4 Å². The predicted molar refractivity (Wildman–Crippen MR) is 47.0 cm³/mol. The fraction of sp³-hybridized carbons (Fsp3) is 0.556. The number of hydrogen-bond acceptors (Lipinski definition) is 4. The largest absolute Gasteiger partial charge is 0.379 e. The van der Waals surface area contributed by atoms with Crippen molar-refractivity contribution in [2.45, 2.75) is 6.54 Å². The molecule has 1 saturated heterocycles. The fourth-order valence-electron chi connectivity index (χ4n) is 1.39. The topological polar surface area (TPSA) is 38.2 Å². The molecule has 4 heteroatoms. The van der Waals surface area contributed by atoms with Crippen molar-refractivity contribution < 1.29 is 4.74 Å². The summed E-state index contributed by atoms with van der Waals surface area (Å²) in [5.74, 6) is 0. The number of rotatable bonds is 2. The Morgan fingerprint density at radius 3 is 2.69 bits per heavy atom. The van der Waals surface area contributed by atoms with Gasteiger partial charge in [0.2, 0.25) is 0 Å². The van der Waals surface area contributed by atoms with Crippen LogP contribution in [-0.4, -0.2) is 41.2 Å². The summed E-state index contributed by atoms with van der Waals surface area (Å²) in [6.07, 6.45) is 6.14. The molecule has 1 fully saturated rings. The molecule has 69 valence electrons. The van der Waals surface area contributed by atoms with Crippen LogP contribution in [0.5, 0.6) is 0 Å². The van der Waals surface area contributed by atoms with Gasteiger partial charge in [0.25, 0.3) is 0 Å². The Balaban J connectivity index is 1.90. The summed E-state index contributed by atoms with van der Waals surface area (Å²) < 4.78 is 5.26. The van der Waals surface area contributed by atoms with Gasteiger partial charge in [0.1, 0.15) is 0 Å². The van der Waals surface area contributed by atoms with Crippen molar-refractivity contribution in [1.29, 1.82) is 0 Å². The van der Waals surface area contributed by atoms with Crippen LogP contribution in [0.2, 0.25) is 0 Å². The first-order chi connectivity index (χ1) is 6.45. The van der Waals surface area contributed by atoms with Gasteiger partial charge in [-0.05, 0) is 0 Å². The molecule has 1 radical (unpaired) electrons. The lowest BCUT2D eigenvalue weighted by molar-refractivity contribution is 0.0341. The van der Waals surface area contributed by atoms with Gasteiger partial charge in [-0.25, -0.2) is 9.97 Å². The molecule has 2 rings (SSSR count). The normalized spacial score (nSPS) is 18.8. The minimum Gasteiger partial charge on any atom is -0.379 e. The van der Waals surface area contributed by atoms with Crippen LogP contribution in [0.25, 0.3) is 0 Å². The number of hydrogen-bond donors (Lipinski definition) is 0. The van der Waals surface area contributed by atoms with Crippen molar-refractivity contribution >= 4 is 0 Å². The highest BCUT2D eigenvalue weighted by atomic mass is 16.5. The maximum Gasteiger partial charge on any atom is 0.197 e. The predicted octanol–water partition coefficient (Wildman–Crippen LogP) is 0.109. The Bertz CT molecular complexity index is 246. The van der Waals surface area contributed by atoms with E-state index < -0.39 is 0 Å². The summed E-state index contributed by atoms with van der Waals surface area (Å²) in [5, 5.41) is 0. The first-order valence-corrected chi connectivity index (χ1v) is 4.42.